The maximum Gasteiger partial charge on any atom is 0.145 e. The molecule has 0 aliphatic carbocycles. The summed E-state index contributed by atoms with van der Waals surface area (Å²) < 4.78 is 2.95. The molecule has 0 bridgehead atoms. The molecule has 1 aliphatic rings. The van der Waals surface area contributed by atoms with Crippen LogP contribution in [0, 0.1) is 11.3 Å². The number of benzene rings is 1. The SMILES string of the molecule is N#Cc1ccc(N2CCC(n3ccc(N)n3)CC2)c(Br)c1. The van der Waals surface area contributed by atoms with Crippen molar-refractivity contribution in [1.29, 1.82) is 5.26 Å². The van der Waals surface area contributed by atoms with Crippen LogP contribution in [0.4, 0.5) is 11.5 Å². The molecule has 2 N–H and O–H groups in total. The summed E-state index contributed by atoms with van der Waals surface area (Å²) in [6.45, 7) is 1.93. The molecule has 0 amide bonds. The van der Waals surface area contributed by atoms with E-state index in [2.05, 4.69) is 32.0 Å². The van der Waals surface area contributed by atoms with Gasteiger partial charge in [0.2, 0.25) is 0 Å². The van der Waals surface area contributed by atoms with Gasteiger partial charge in [-0.3, -0.25) is 4.68 Å². The highest BCUT2D eigenvalue weighted by atomic mass is 79.9. The van der Waals surface area contributed by atoms with E-state index < -0.39 is 0 Å². The zero-order valence-electron chi connectivity index (χ0n) is 11.5. The summed E-state index contributed by atoms with van der Waals surface area (Å²) in [7, 11) is 0. The number of nitrogen functional groups attached to an aromatic ring is 1. The summed E-state index contributed by atoms with van der Waals surface area (Å²) in [6.07, 6.45) is 4.02. The van der Waals surface area contributed by atoms with Crippen molar-refractivity contribution < 1.29 is 0 Å². The summed E-state index contributed by atoms with van der Waals surface area (Å²) in [5.74, 6) is 0.576. The minimum absolute atomic E-state index is 0.413. The van der Waals surface area contributed by atoms with Gasteiger partial charge in [-0.1, -0.05) is 0 Å². The fourth-order valence-electron chi connectivity index (χ4n) is 2.76. The van der Waals surface area contributed by atoms with E-state index in [1.165, 1.54) is 0 Å². The number of anilines is 2. The third-order valence-corrected chi connectivity index (χ3v) is 4.52. The molecule has 1 saturated heterocycles. The zero-order valence-corrected chi connectivity index (χ0v) is 13.1. The minimum atomic E-state index is 0.413. The highest BCUT2D eigenvalue weighted by Gasteiger charge is 2.22. The van der Waals surface area contributed by atoms with Gasteiger partial charge in [0.1, 0.15) is 5.82 Å². The van der Waals surface area contributed by atoms with Crippen molar-refractivity contribution in [2.75, 3.05) is 23.7 Å². The van der Waals surface area contributed by atoms with Crippen molar-refractivity contribution in [3.05, 3.63) is 40.5 Å². The van der Waals surface area contributed by atoms with Gasteiger partial charge in [0.25, 0.3) is 0 Å². The number of halogens is 1. The first-order valence-corrected chi connectivity index (χ1v) is 7.72. The van der Waals surface area contributed by atoms with Gasteiger partial charge in [0.15, 0.2) is 0 Å². The Morgan fingerprint density at radius 2 is 2.05 bits per heavy atom. The molecule has 5 nitrogen and oxygen atoms in total. The molecule has 108 valence electrons. The summed E-state index contributed by atoms with van der Waals surface area (Å²) in [6, 6.07) is 10.1. The van der Waals surface area contributed by atoms with Crippen molar-refractivity contribution in [1.82, 2.24) is 9.78 Å². The molecular formula is C15H16BrN5. The minimum Gasteiger partial charge on any atom is -0.382 e. The van der Waals surface area contributed by atoms with E-state index in [1.54, 1.807) is 0 Å². The van der Waals surface area contributed by atoms with Gasteiger partial charge < -0.3 is 10.6 Å². The first-order chi connectivity index (χ1) is 10.2. The molecule has 0 radical (unpaired) electrons. The average molecular weight is 346 g/mol. The summed E-state index contributed by atoms with van der Waals surface area (Å²) in [5.41, 5.74) is 7.50. The Hall–Kier alpha value is -2.00. The molecule has 6 heteroatoms. The average Bonchev–Trinajstić information content (AvgIpc) is 2.94. The monoisotopic (exact) mass is 345 g/mol. The van der Waals surface area contributed by atoms with Crippen LogP contribution >= 0.6 is 15.9 Å². The van der Waals surface area contributed by atoms with Crippen LogP contribution in [-0.2, 0) is 0 Å². The lowest BCUT2D eigenvalue weighted by molar-refractivity contribution is 0.367. The smallest absolute Gasteiger partial charge is 0.145 e. The van der Waals surface area contributed by atoms with Crippen molar-refractivity contribution in [2.45, 2.75) is 18.9 Å². The zero-order chi connectivity index (χ0) is 14.8. The van der Waals surface area contributed by atoms with E-state index in [0.29, 0.717) is 17.4 Å². The Morgan fingerprint density at radius 3 is 2.62 bits per heavy atom. The van der Waals surface area contributed by atoms with Crippen molar-refractivity contribution >= 4 is 27.4 Å². The molecule has 3 rings (SSSR count). The molecule has 2 heterocycles. The molecule has 0 saturated carbocycles. The van der Waals surface area contributed by atoms with Gasteiger partial charge in [-0.25, -0.2) is 0 Å². The lowest BCUT2D eigenvalue weighted by Crippen LogP contribution is -2.35. The topological polar surface area (TPSA) is 70.9 Å². The second-order valence-corrected chi connectivity index (χ2v) is 6.07. The van der Waals surface area contributed by atoms with Crippen LogP contribution < -0.4 is 10.6 Å². The second kappa shape index (κ2) is 5.78. The third-order valence-electron chi connectivity index (χ3n) is 3.89. The lowest BCUT2D eigenvalue weighted by atomic mass is 10.0. The van der Waals surface area contributed by atoms with Gasteiger partial charge in [-0.15, -0.1) is 0 Å². The predicted molar refractivity (Wildman–Crippen MR) is 86.0 cm³/mol. The molecule has 21 heavy (non-hydrogen) atoms. The molecule has 2 aromatic rings. The number of nitrogens with two attached hydrogens (primary N) is 1. The largest absolute Gasteiger partial charge is 0.382 e. The molecule has 1 aromatic heterocycles. The maximum absolute atomic E-state index is 8.92. The van der Waals surface area contributed by atoms with E-state index in [4.69, 9.17) is 11.0 Å². The standard InChI is InChI=1S/C15H16BrN5/c16-13-9-11(10-17)1-2-14(13)20-6-3-12(4-7-20)21-8-5-15(18)19-21/h1-2,5,8-9,12H,3-4,6-7H2,(H2,18,19). The molecule has 0 unspecified atom stereocenters. The molecule has 1 fully saturated rings. The van der Waals surface area contributed by atoms with Crippen LogP contribution in [0.15, 0.2) is 34.9 Å². The number of hydrogen-bond acceptors (Lipinski definition) is 4. The first-order valence-electron chi connectivity index (χ1n) is 6.92. The highest BCUT2D eigenvalue weighted by Crippen LogP contribution is 2.32. The van der Waals surface area contributed by atoms with E-state index in [1.807, 2.05) is 35.1 Å². The number of nitriles is 1. The Kier molecular flexibility index (Phi) is 3.84. The Balaban J connectivity index is 1.70. The number of nitrogens with zero attached hydrogens (tertiary/aromatic N) is 4. The summed E-state index contributed by atoms with van der Waals surface area (Å²) in [5, 5.41) is 13.2. The van der Waals surface area contributed by atoms with Crippen LogP contribution in [0.3, 0.4) is 0 Å². The predicted octanol–water partition coefficient (Wildman–Crippen LogP) is 2.94. The third kappa shape index (κ3) is 2.88. The van der Waals surface area contributed by atoms with E-state index >= 15 is 0 Å². The number of hydrogen-bond donors (Lipinski definition) is 1. The van der Waals surface area contributed by atoms with Crippen LogP contribution in [0.1, 0.15) is 24.4 Å². The quantitative estimate of drug-likeness (QED) is 0.908. The van der Waals surface area contributed by atoms with Crippen LogP contribution in [0.5, 0.6) is 0 Å². The van der Waals surface area contributed by atoms with Crippen LogP contribution in [-0.4, -0.2) is 22.9 Å². The number of aromatic nitrogens is 2. The van der Waals surface area contributed by atoms with E-state index in [0.717, 1.165) is 36.1 Å². The lowest BCUT2D eigenvalue weighted by Gasteiger charge is -2.34. The Labute approximate surface area is 132 Å². The Bertz CT molecular complexity index is 680. The van der Waals surface area contributed by atoms with Gasteiger partial charge in [0.05, 0.1) is 23.4 Å². The van der Waals surface area contributed by atoms with Crippen LogP contribution in [0.25, 0.3) is 0 Å². The summed E-state index contributed by atoms with van der Waals surface area (Å²) >= 11 is 3.56. The second-order valence-electron chi connectivity index (χ2n) is 5.22. The molecule has 0 spiro atoms. The fourth-order valence-corrected chi connectivity index (χ4v) is 3.39. The molecule has 0 atom stereocenters. The summed E-state index contributed by atoms with van der Waals surface area (Å²) in [4.78, 5) is 2.34. The molecule has 1 aliphatic heterocycles. The number of rotatable bonds is 2. The first kappa shape index (κ1) is 14.0. The normalized spacial score (nSPS) is 15.9. The van der Waals surface area contributed by atoms with Gasteiger partial charge in [-0.05, 0) is 53.0 Å². The number of piperidine rings is 1. The van der Waals surface area contributed by atoms with Crippen molar-refractivity contribution in [2.24, 2.45) is 0 Å². The molecule has 1 aromatic carbocycles. The van der Waals surface area contributed by atoms with E-state index in [-0.39, 0.29) is 0 Å². The van der Waals surface area contributed by atoms with Gasteiger partial charge >= 0.3 is 0 Å². The fraction of sp³-hybridized carbons (Fsp3) is 0.333. The Morgan fingerprint density at radius 1 is 1.29 bits per heavy atom. The van der Waals surface area contributed by atoms with Crippen molar-refractivity contribution in [3.8, 4) is 6.07 Å². The van der Waals surface area contributed by atoms with Gasteiger partial charge in [0, 0.05) is 23.8 Å². The maximum atomic E-state index is 8.92. The van der Waals surface area contributed by atoms with Crippen molar-refractivity contribution in [3.63, 3.8) is 0 Å². The van der Waals surface area contributed by atoms with Gasteiger partial charge in [-0.2, -0.15) is 10.4 Å². The highest BCUT2D eigenvalue weighted by molar-refractivity contribution is 9.10. The molecular weight excluding hydrogens is 330 g/mol. The van der Waals surface area contributed by atoms with E-state index in [9.17, 15) is 0 Å². The van der Waals surface area contributed by atoms with Crippen LogP contribution in [0.2, 0.25) is 0 Å².